The lowest BCUT2D eigenvalue weighted by Crippen LogP contribution is -2.46. The highest BCUT2D eigenvalue weighted by molar-refractivity contribution is 5.08. The fourth-order valence-corrected chi connectivity index (χ4v) is 4.19. The highest BCUT2D eigenvalue weighted by atomic mass is 16.3. The fourth-order valence-electron chi connectivity index (χ4n) is 4.19. The molecule has 2 rings (SSSR count). The molecule has 1 saturated carbocycles. The molecule has 2 atom stereocenters. The van der Waals surface area contributed by atoms with E-state index in [0.717, 1.165) is 38.5 Å². The molecule has 0 bridgehead atoms. The number of hydrogen-bond acceptors (Lipinski definition) is 2. The van der Waals surface area contributed by atoms with Crippen molar-refractivity contribution >= 4 is 0 Å². The molecule has 1 aliphatic rings. The molecule has 0 aliphatic heterocycles. The van der Waals surface area contributed by atoms with Crippen molar-refractivity contribution < 1.29 is 9.52 Å². The summed E-state index contributed by atoms with van der Waals surface area (Å²) in [7, 11) is 0. The minimum absolute atomic E-state index is 0.249. The third-order valence-electron chi connectivity index (χ3n) is 5.53. The van der Waals surface area contributed by atoms with E-state index in [0.29, 0.717) is 5.92 Å². The van der Waals surface area contributed by atoms with Crippen LogP contribution in [0.2, 0.25) is 0 Å². The van der Waals surface area contributed by atoms with Crippen molar-refractivity contribution in [3.63, 3.8) is 0 Å². The van der Waals surface area contributed by atoms with Crippen LogP contribution >= 0.6 is 0 Å². The topological polar surface area (TPSA) is 33.4 Å². The van der Waals surface area contributed by atoms with Gasteiger partial charge in [-0.3, -0.25) is 0 Å². The Labute approximate surface area is 135 Å². The zero-order chi connectivity index (χ0) is 16.2. The molecule has 1 aromatic heterocycles. The predicted molar refractivity (Wildman–Crippen MR) is 91.8 cm³/mol. The van der Waals surface area contributed by atoms with Crippen molar-refractivity contribution in [2.75, 3.05) is 0 Å². The summed E-state index contributed by atoms with van der Waals surface area (Å²) in [6, 6.07) is 2.03. The number of hydrogen-bond donors (Lipinski definition) is 1. The van der Waals surface area contributed by atoms with Crippen molar-refractivity contribution in [3.05, 3.63) is 35.8 Å². The van der Waals surface area contributed by atoms with E-state index < -0.39 is 5.60 Å². The zero-order valence-corrected chi connectivity index (χ0v) is 14.7. The Hall–Kier alpha value is -1.02. The van der Waals surface area contributed by atoms with E-state index in [4.69, 9.17) is 4.42 Å². The van der Waals surface area contributed by atoms with Crippen LogP contribution in [0, 0.1) is 11.3 Å². The summed E-state index contributed by atoms with van der Waals surface area (Å²) in [5.41, 5.74) is 2.46. The van der Waals surface area contributed by atoms with Crippen LogP contribution in [-0.4, -0.2) is 10.7 Å². The van der Waals surface area contributed by atoms with Gasteiger partial charge in [0.25, 0.3) is 0 Å². The Morgan fingerprint density at radius 3 is 2.77 bits per heavy atom. The lowest BCUT2D eigenvalue weighted by atomic mass is 9.60. The minimum Gasteiger partial charge on any atom is -0.472 e. The normalized spacial score (nSPS) is 28.8. The van der Waals surface area contributed by atoms with Gasteiger partial charge in [0.1, 0.15) is 0 Å². The van der Waals surface area contributed by atoms with Crippen LogP contribution in [0.25, 0.3) is 0 Å². The molecule has 1 N–H and O–H groups in total. The van der Waals surface area contributed by atoms with Gasteiger partial charge in [0.2, 0.25) is 0 Å². The first-order valence-corrected chi connectivity index (χ1v) is 8.70. The van der Waals surface area contributed by atoms with E-state index >= 15 is 0 Å². The largest absolute Gasteiger partial charge is 0.472 e. The Morgan fingerprint density at radius 2 is 2.14 bits per heavy atom. The van der Waals surface area contributed by atoms with Crippen LogP contribution in [0.3, 0.4) is 0 Å². The maximum atomic E-state index is 10.8. The first kappa shape index (κ1) is 17.3. The average Bonchev–Trinajstić information content (AvgIpc) is 2.89. The van der Waals surface area contributed by atoms with E-state index in [1.807, 2.05) is 19.3 Å². The fraction of sp³-hybridized carbons (Fsp3) is 0.700. The van der Waals surface area contributed by atoms with E-state index in [9.17, 15) is 5.11 Å². The molecule has 0 saturated heterocycles. The van der Waals surface area contributed by atoms with Crippen LogP contribution < -0.4 is 0 Å². The maximum absolute atomic E-state index is 10.8. The van der Waals surface area contributed by atoms with Crippen molar-refractivity contribution in [1.82, 2.24) is 0 Å². The molecule has 2 heteroatoms. The van der Waals surface area contributed by atoms with Crippen LogP contribution in [-0.2, 0) is 6.42 Å². The van der Waals surface area contributed by atoms with Gasteiger partial charge in [-0.2, -0.15) is 0 Å². The quantitative estimate of drug-likeness (QED) is 0.702. The summed E-state index contributed by atoms with van der Waals surface area (Å²) in [6.07, 6.45) is 13.5. The van der Waals surface area contributed by atoms with Gasteiger partial charge in [-0.25, -0.2) is 0 Å². The number of rotatable bonds is 6. The molecule has 1 heterocycles. The highest BCUT2D eigenvalue weighted by Crippen LogP contribution is 2.48. The molecular weight excluding hydrogens is 272 g/mol. The molecule has 2 nitrogen and oxygen atoms in total. The van der Waals surface area contributed by atoms with Gasteiger partial charge in [0.15, 0.2) is 0 Å². The van der Waals surface area contributed by atoms with Crippen molar-refractivity contribution in [1.29, 1.82) is 0 Å². The third-order valence-corrected chi connectivity index (χ3v) is 5.53. The zero-order valence-electron chi connectivity index (χ0n) is 14.7. The van der Waals surface area contributed by atoms with E-state index in [1.165, 1.54) is 17.6 Å². The molecule has 0 spiro atoms. The molecule has 0 radical (unpaired) electrons. The SMILES string of the molecule is C/C(=C\CCc1ccoc1)CC[C@H]1C(C)(C)CCCC1(C)O. The molecule has 22 heavy (non-hydrogen) atoms. The molecule has 1 aliphatic carbocycles. The second kappa shape index (κ2) is 7.04. The highest BCUT2D eigenvalue weighted by Gasteiger charge is 2.44. The second-order valence-electron chi connectivity index (χ2n) is 8.01. The van der Waals surface area contributed by atoms with Gasteiger partial charge in [0, 0.05) is 0 Å². The molecule has 1 fully saturated rings. The summed E-state index contributed by atoms with van der Waals surface area (Å²) in [5.74, 6) is 0.394. The summed E-state index contributed by atoms with van der Waals surface area (Å²) in [4.78, 5) is 0. The monoisotopic (exact) mass is 304 g/mol. The second-order valence-corrected chi connectivity index (χ2v) is 8.01. The molecule has 0 amide bonds. The van der Waals surface area contributed by atoms with Gasteiger partial charge in [-0.1, -0.05) is 31.9 Å². The van der Waals surface area contributed by atoms with Gasteiger partial charge < -0.3 is 9.52 Å². The van der Waals surface area contributed by atoms with Crippen molar-refractivity contribution in [2.45, 2.75) is 78.2 Å². The van der Waals surface area contributed by atoms with Gasteiger partial charge in [-0.15, -0.1) is 0 Å². The van der Waals surface area contributed by atoms with Crippen LogP contribution in [0.4, 0.5) is 0 Å². The Kier molecular flexibility index (Phi) is 5.55. The Bertz CT molecular complexity index is 464. The van der Waals surface area contributed by atoms with Crippen LogP contribution in [0.15, 0.2) is 34.7 Å². The molecule has 1 unspecified atom stereocenters. The molecule has 0 aromatic carbocycles. The molecular formula is C20H32O2. The van der Waals surface area contributed by atoms with E-state index in [1.54, 1.807) is 6.26 Å². The minimum atomic E-state index is -0.501. The summed E-state index contributed by atoms with van der Waals surface area (Å²) in [6.45, 7) is 8.91. The van der Waals surface area contributed by atoms with Crippen LogP contribution in [0.5, 0.6) is 0 Å². The van der Waals surface area contributed by atoms with Gasteiger partial charge >= 0.3 is 0 Å². The number of aryl methyl sites for hydroxylation is 1. The van der Waals surface area contributed by atoms with Gasteiger partial charge in [-0.05, 0) is 75.3 Å². The summed E-state index contributed by atoms with van der Waals surface area (Å²) < 4.78 is 5.10. The first-order chi connectivity index (χ1) is 10.3. The Balaban J connectivity index is 1.84. The molecule has 124 valence electrons. The third kappa shape index (κ3) is 4.49. The van der Waals surface area contributed by atoms with Crippen molar-refractivity contribution in [3.8, 4) is 0 Å². The summed E-state index contributed by atoms with van der Waals surface area (Å²) in [5, 5.41) is 10.8. The van der Waals surface area contributed by atoms with E-state index in [2.05, 4.69) is 26.8 Å². The number of aliphatic hydroxyl groups is 1. The first-order valence-electron chi connectivity index (χ1n) is 8.70. The van der Waals surface area contributed by atoms with E-state index in [-0.39, 0.29) is 5.41 Å². The lowest BCUT2D eigenvalue weighted by Gasteiger charge is -2.48. The maximum Gasteiger partial charge on any atom is 0.0934 e. The number of allylic oxidation sites excluding steroid dienone is 2. The number of furan rings is 1. The summed E-state index contributed by atoms with van der Waals surface area (Å²) >= 11 is 0. The van der Waals surface area contributed by atoms with Gasteiger partial charge in [0.05, 0.1) is 18.1 Å². The average molecular weight is 304 g/mol. The van der Waals surface area contributed by atoms with Crippen molar-refractivity contribution in [2.24, 2.45) is 11.3 Å². The Morgan fingerprint density at radius 1 is 1.36 bits per heavy atom. The lowest BCUT2D eigenvalue weighted by molar-refractivity contribution is -0.0918. The standard InChI is InChI=1S/C20H32O2/c1-16(7-5-8-17-11-14-22-15-17)9-10-18-19(2,3)12-6-13-20(18,4)21/h7,11,14-15,18,21H,5-6,8-10,12-13H2,1-4H3/b16-7+/t18-,20?/m0/s1. The smallest absolute Gasteiger partial charge is 0.0934 e. The predicted octanol–water partition coefficient (Wildman–Crippen LogP) is 5.52. The molecule has 1 aromatic rings. The van der Waals surface area contributed by atoms with Crippen LogP contribution in [0.1, 0.15) is 71.8 Å².